The average Bonchev–Trinajstić information content (AvgIpc) is 1.91. The number of nitrogens with zero attached hydrogens (tertiary/aromatic N) is 1. The zero-order chi connectivity index (χ0) is 5.28. The fourth-order valence-electron chi connectivity index (χ4n) is 0.214. The summed E-state index contributed by atoms with van der Waals surface area (Å²) in [5, 5.41) is 13.1. The number of halogens is 1. The molecule has 0 aliphatic rings. The highest BCUT2D eigenvalue weighted by Gasteiger charge is 2.00. The third-order valence-corrected chi connectivity index (χ3v) is 0.751. The van der Waals surface area contributed by atoms with E-state index < -0.39 is 0 Å². The van der Waals surface area contributed by atoms with E-state index in [1.807, 2.05) is 0 Å². The molecular weight excluding hydrogens is 117 g/mol. The van der Waals surface area contributed by atoms with Crippen LogP contribution in [0.1, 0.15) is 0 Å². The van der Waals surface area contributed by atoms with Gasteiger partial charge < -0.3 is 4.52 Å². The van der Waals surface area contributed by atoms with Gasteiger partial charge in [-0.1, -0.05) is 16.8 Å². The van der Waals surface area contributed by atoms with Gasteiger partial charge in [0.05, 0.1) is 0 Å². The molecule has 0 spiro atoms. The first kappa shape index (κ1) is 4.46. The van der Waals surface area contributed by atoms with Crippen molar-refractivity contribution in [2.45, 2.75) is 0 Å². The normalized spacial score (nSPS) is 9.29. The van der Waals surface area contributed by atoms with Gasteiger partial charge in [0, 0.05) is 0 Å². The summed E-state index contributed by atoms with van der Waals surface area (Å²) < 4.78 is 4.15. The highest BCUT2D eigenvalue weighted by molar-refractivity contribution is 6.30. The first-order valence-corrected chi connectivity index (χ1v) is 1.95. The Kier molecular flexibility index (Phi) is 0.906. The molecule has 0 aliphatic carbocycles. The van der Waals surface area contributed by atoms with Crippen molar-refractivity contribution < 1.29 is 9.63 Å². The molecule has 0 N–H and O–H groups in total. The molecule has 0 amide bonds. The Morgan fingerprint density at radius 3 is 2.71 bits per heavy atom. The van der Waals surface area contributed by atoms with E-state index in [-0.39, 0.29) is 10.9 Å². The summed E-state index contributed by atoms with van der Waals surface area (Å²) in [6.07, 6.45) is 0.947. The van der Waals surface area contributed by atoms with E-state index in [1.165, 1.54) is 0 Å². The minimum atomic E-state index is -0.373. The monoisotopic (exact) mass is 118 g/mol. The maximum absolute atomic E-state index is 10.1. The molecule has 37 valence electrons. The summed E-state index contributed by atoms with van der Waals surface area (Å²) >= 11 is 5.11. The van der Waals surface area contributed by atoms with E-state index in [1.54, 1.807) is 0 Å². The van der Waals surface area contributed by atoms with Gasteiger partial charge in [0.15, 0.2) is 6.26 Å². The van der Waals surface area contributed by atoms with Crippen molar-refractivity contribution in [3.8, 4) is 5.75 Å². The first-order valence-electron chi connectivity index (χ1n) is 1.57. The van der Waals surface area contributed by atoms with E-state index in [0.29, 0.717) is 0 Å². The highest BCUT2D eigenvalue weighted by Crippen LogP contribution is 2.19. The minimum absolute atomic E-state index is 0.111. The summed E-state index contributed by atoms with van der Waals surface area (Å²) in [7, 11) is 0. The standard InChI is InChI=1S/C3HClNO2/c4-3-2(6)1-7-5-3/h1H. The van der Waals surface area contributed by atoms with Crippen LogP contribution in [0.15, 0.2) is 10.8 Å². The van der Waals surface area contributed by atoms with Crippen LogP contribution in [0.3, 0.4) is 0 Å². The van der Waals surface area contributed by atoms with Crippen molar-refractivity contribution in [2.24, 2.45) is 0 Å². The van der Waals surface area contributed by atoms with Crippen LogP contribution >= 0.6 is 11.6 Å². The van der Waals surface area contributed by atoms with Crippen LogP contribution in [-0.4, -0.2) is 5.16 Å². The SMILES string of the molecule is [O]c1conc1Cl. The summed E-state index contributed by atoms with van der Waals surface area (Å²) in [5.41, 5.74) is 0. The number of aromatic nitrogens is 1. The second-order valence-corrected chi connectivity index (χ2v) is 1.33. The van der Waals surface area contributed by atoms with Crippen LogP contribution in [0.25, 0.3) is 0 Å². The summed E-state index contributed by atoms with van der Waals surface area (Å²) in [6, 6.07) is 0. The van der Waals surface area contributed by atoms with Gasteiger partial charge in [-0.15, -0.1) is 0 Å². The molecule has 1 aromatic rings. The predicted octanol–water partition coefficient (Wildman–Crippen LogP) is 1.47. The average molecular weight is 118 g/mol. The Bertz CT molecular complexity index is 145. The molecule has 0 bridgehead atoms. The summed E-state index contributed by atoms with van der Waals surface area (Å²) in [6.45, 7) is 0. The smallest absolute Gasteiger partial charge is 0.256 e. The van der Waals surface area contributed by atoms with E-state index in [4.69, 9.17) is 11.6 Å². The van der Waals surface area contributed by atoms with Gasteiger partial charge in [-0.2, -0.15) is 0 Å². The third-order valence-electron chi connectivity index (χ3n) is 0.496. The minimum Gasteiger partial charge on any atom is -0.359 e. The van der Waals surface area contributed by atoms with E-state index in [9.17, 15) is 5.11 Å². The van der Waals surface area contributed by atoms with Crippen LogP contribution in [0.2, 0.25) is 5.15 Å². The summed E-state index contributed by atoms with van der Waals surface area (Å²) in [5.74, 6) is -0.373. The van der Waals surface area contributed by atoms with Gasteiger partial charge in [0.2, 0.25) is 5.15 Å². The van der Waals surface area contributed by atoms with Gasteiger partial charge in [-0.25, -0.2) is 0 Å². The lowest BCUT2D eigenvalue weighted by Crippen LogP contribution is -1.53. The fourth-order valence-corrected chi connectivity index (χ4v) is 0.298. The number of hydrogen-bond acceptors (Lipinski definition) is 2. The molecule has 1 rings (SSSR count). The van der Waals surface area contributed by atoms with Crippen molar-refractivity contribution in [2.75, 3.05) is 0 Å². The topological polar surface area (TPSA) is 45.9 Å². The second kappa shape index (κ2) is 1.42. The molecule has 4 heteroatoms. The molecule has 1 heterocycles. The van der Waals surface area contributed by atoms with Crippen LogP contribution < -0.4 is 0 Å². The molecule has 0 saturated heterocycles. The first-order chi connectivity index (χ1) is 3.30. The lowest BCUT2D eigenvalue weighted by molar-refractivity contribution is 0.344. The van der Waals surface area contributed by atoms with E-state index >= 15 is 0 Å². The Balaban J connectivity index is 3.12. The largest absolute Gasteiger partial charge is 0.359 e. The fraction of sp³-hybridized carbons (Fsp3) is 0. The molecule has 1 radical (unpaired) electrons. The van der Waals surface area contributed by atoms with Gasteiger partial charge >= 0.3 is 0 Å². The molecule has 0 atom stereocenters. The maximum Gasteiger partial charge on any atom is 0.256 e. The third kappa shape index (κ3) is 0.667. The quantitative estimate of drug-likeness (QED) is 0.518. The van der Waals surface area contributed by atoms with Crippen LogP contribution in [-0.2, 0) is 5.11 Å². The number of rotatable bonds is 0. The predicted molar refractivity (Wildman–Crippen MR) is 21.6 cm³/mol. The molecule has 7 heavy (non-hydrogen) atoms. The molecule has 0 aliphatic heterocycles. The van der Waals surface area contributed by atoms with Crippen LogP contribution in [0.5, 0.6) is 5.75 Å². The molecule has 0 aromatic carbocycles. The van der Waals surface area contributed by atoms with E-state index in [0.717, 1.165) is 6.26 Å². The van der Waals surface area contributed by atoms with Crippen molar-refractivity contribution >= 4 is 11.6 Å². The molecule has 0 saturated carbocycles. The Labute approximate surface area is 44.5 Å². The second-order valence-electron chi connectivity index (χ2n) is 0.970. The van der Waals surface area contributed by atoms with Gasteiger partial charge in [0.25, 0.3) is 5.75 Å². The Hall–Kier alpha value is -0.700. The lowest BCUT2D eigenvalue weighted by atomic mass is 10.7. The van der Waals surface area contributed by atoms with Crippen molar-refractivity contribution in [1.82, 2.24) is 5.16 Å². The van der Waals surface area contributed by atoms with E-state index in [2.05, 4.69) is 9.68 Å². The van der Waals surface area contributed by atoms with Crippen molar-refractivity contribution in [3.05, 3.63) is 11.4 Å². The van der Waals surface area contributed by atoms with Crippen molar-refractivity contribution in [1.29, 1.82) is 0 Å². The van der Waals surface area contributed by atoms with Crippen molar-refractivity contribution in [3.63, 3.8) is 0 Å². The van der Waals surface area contributed by atoms with Gasteiger partial charge in [-0.3, -0.25) is 5.11 Å². The molecular formula is C3HClNO2. The van der Waals surface area contributed by atoms with Gasteiger partial charge in [-0.05, 0) is 0 Å². The Morgan fingerprint density at radius 2 is 2.57 bits per heavy atom. The zero-order valence-corrected chi connectivity index (χ0v) is 3.97. The lowest BCUT2D eigenvalue weighted by Gasteiger charge is -1.65. The van der Waals surface area contributed by atoms with Crippen LogP contribution in [0.4, 0.5) is 0 Å². The molecule has 0 fully saturated rings. The molecule has 0 unspecified atom stereocenters. The zero-order valence-electron chi connectivity index (χ0n) is 3.22. The highest BCUT2D eigenvalue weighted by atomic mass is 35.5. The number of hydrogen-bond donors (Lipinski definition) is 0. The summed E-state index contributed by atoms with van der Waals surface area (Å²) in [4.78, 5) is 0. The Morgan fingerprint density at radius 1 is 1.86 bits per heavy atom. The maximum atomic E-state index is 10.1. The molecule has 1 aromatic heterocycles. The molecule has 3 nitrogen and oxygen atoms in total. The van der Waals surface area contributed by atoms with Crippen LogP contribution in [0, 0.1) is 0 Å². The van der Waals surface area contributed by atoms with Gasteiger partial charge in [0.1, 0.15) is 0 Å².